The third kappa shape index (κ3) is 3.84. The molecule has 3 fully saturated rings. The number of carbonyl (C=O) groups excluding carboxylic acids is 1. The van der Waals surface area contributed by atoms with Crippen molar-refractivity contribution in [2.75, 3.05) is 23.0 Å². The van der Waals surface area contributed by atoms with Crippen molar-refractivity contribution in [2.45, 2.75) is 50.5 Å². The Kier molecular flexibility index (Phi) is 5.52. The minimum absolute atomic E-state index is 0.0978. The number of aromatic nitrogens is 2. The molecule has 1 amide bonds. The van der Waals surface area contributed by atoms with E-state index in [9.17, 15) is 4.79 Å². The van der Waals surface area contributed by atoms with Gasteiger partial charge in [0.25, 0.3) is 5.91 Å². The van der Waals surface area contributed by atoms with Crippen molar-refractivity contribution in [1.82, 2.24) is 14.9 Å². The van der Waals surface area contributed by atoms with E-state index in [0.29, 0.717) is 37.3 Å². The number of terminal acetylenes is 1. The van der Waals surface area contributed by atoms with E-state index in [2.05, 4.69) is 32.9 Å². The van der Waals surface area contributed by atoms with E-state index in [4.69, 9.17) is 17.0 Å². The fourth-order valence-electron chi connectivity index (χ4n) is 5.11. The largest absolute Gasteiger partial charge is 0.356 e. The molecule has 0 unspecified atom stereocenters. The maximum atomic E-state index is 13.6. The maximum Gasteiger partial charge on any atom is 0.257 e. The van der Waals surface area contributed by atoms with Crippen LogP contribution in [0.5, 0.6) is 0 Å². The van der Waals surface area contributed by atoms with Crippen LogP contribution in [0.15, 0.2) is 54.5 Å². The van der Waals surface area contributed by atoms with Gasteiger partial charge in [-0.3, -0.25) is 9.80 Å². The number of hydrogen-bond donors (Lipinski definition) is 1. The molecule has 4 heterocycles. The standard InChI is InChI=1S/C25H28N6O2/c1-3-18(2)16-30(26)22-15-21(27-17-28-22)29-13-11-25(12-14-29)24(32)31-20(9-10-23(31)33-25)19-7-5-4-6-8-19/h1,4-8,15-17,20,23H,9-14,26H2,2H3/b18-16-/t20-,23+/m0/s1. The minimum Gasteiger partial charge on any atom is -0.356 e. The maximum absolute atomic E-state index is 13.6. The molecule has 0 bridgehead atoms. The Morgan fingerprint density at radius 1 is 1.27 bits per heavy atom. The predicted molar refractivity (Wildman–Crippen MR) is 126 cm³/mol. The van der Waals surface area contributed by atoms with Crippen molar-refractivity contribution in [3.05, 3.63) is 60.1 Å². The number of amides is 1. The van der Waals surface area contributed by atoms with E-state index in [0.717, 1.165) is 18.7 Å². The molecule has 1 aromatic carbocycles. The molecule has 8 heteroatoms. The second-order valence-corrected chi connectivity index (χ2v) is 8.87. The van der Waals surface area contributed by atoms with Gasteiger partial charge in [-0.2, -0.15) is 0 Å². The molecule has 3 aliphatic rings. The summed E-state index contributed by atoms with van der Waals surface area (Å²) in [4.78, 5) is 26.4. The summed E-state index contributed by atoms with van der Waals surface area (Å²) in [6.45, 7) is 3.14. The molecular formula is C25H28N6O2. The first kappa shape index (κ1) is 21.4. The fourth-order valence-corrected chi connectivity index (χ4v) is 5.11. The summed E-state index contributed by atoms with van der Waals surface area (Å²) < 4.78 is 6.44. The van der Waals surface area contributed by atoms with Gasteiger partial charge in [0.1, 0.15) is 18.4 Å². The number of rotatable bonds is 4. The Morgan fingerprint density at radius 2 is 2.03 bits per heavy atom. The van der Waals surface area contributed by atoms with Gasteiger partial charge in [0, 0.05) is 43.8 Å². The molecule has 8 nitrogen and oxygen atoms in total. The van der Waals surface area contributed by atoms with Gasteiger partial charge in [0.15, 0.2) is 11.4 Å². The number of benzene rings is 1. The van der Waals surface area contributed by atoms with E-state index in [-0.39, 0.29) is 18.2 Å². The van der Waals surface area contributed by atoms with Crippen LogP contribution in [0.2, 0.25) is 0 Å². The van der Waals surface area contributed by atoms with E-state index < -0.39 is 5.60 Å². The summed E-state index contributed by atoms with van der Waals surface area (Å²) in [6.07, 6.45) is 11.5. The molecule has 3 saturated heterocycles. The van der Waals surface area contributed by atoms with Crippen molar-refractivity contribution < 1.29 is 9.53 Å². The van der Waals surface area contributed by atoms with Gasteiger partial charge in [-0.25, -0.2) is 15.8 Å². The number of nitrogens with zero attached hydrogens (tertiary/aromatic N) is 5. The number of hydrogen-bond acceptors (Lipinski definition) is 7. The summed E-state index contributed by atoms with van der Waals surface area (Å²) in [5, 5.41) is 1.40. The van der Waals surface area contributed by atoms with Crippen molar-refractivity contribution in [3.8, 4) is 12.3 Å². The zero-order valence-electron chi connectivity index (χ0n) is 18.7. The Labute approximate surface area is 194 Å². The van der Waals surface area contributed by atoms with Crippen LogP contribution in [0.3, 0.4) is 0 Å². The number of hydrazine groups is 1. The van der Waals surface area contributed by atoms with Crippen molar-refractivity contribution in [2.24, 2.45) is 5.84 Å². The second kappa shape index (κ2) is 8.50. The number of nitrogens with two attached hydrogens (primary N) is 1. The summed E-state index contributed by atoms with van der Waals surface area (Å²) in [6, 6.07) is 12.2. The highest BCUT2D eigenvalue weighted by Gasteiger charge is 2.57. The molecule has 1 spiro atoms. The van der Waals surface area contributed by atoms with Crippen molar-refractivity contribution >= 4 is 17.5 Å². The second-order valence-electron chi connectivity index (χ2n) is 8.87. The number of carbonyl (C=O) groups is 1. The van der Waals surface area contributed by atoms with Gasteiger partial charge >= 0.3 is 0 Å². The van der Waals surface area contributed by atoms with Crippen LogP contribution in [0, 0.1) is 12.3 Å². The van der Waals surface area contributed by atoms with Gasteiger partial charge in [0.2, 0.25) is 0 Å². The van der Waals surface area contributed by atoms with Gasteiger partial charge in [-0.1, -0.05) is 36.3 Å². The molecule has 0 radical (unpaired) electrons. The SMILES string of the molecule is C#C/C(C)=C\N(N)c1cc(N2CCC3(CC2)O[C@@H]2CC[C@@H](c4ccccc4)N2C3=O)ncn1. The predicted octanol–water partition coefficient (Wildman–Crippen LogP) is 2.75. The summed E-state index contributed by atoms with van der Waals surface area (Å²) in [5.41, 5.74) is 1.14. The lowest BCUT2D eigenvalue weighted by molar-refractivity contribution is -0.140. The molecule has 0 saturated carbocycles. The molecule has 0 aliphatic carbocycles. The van der Waals surface area contributed by atoms with Crippen LogP contribution < -0.4 is 15.8 Å². The lowest BCUT2D eigenvalue weighted by Crippen LogP contribution is -2.50. The summed E-state index contributed by atoms with van der Waals surface area (Å²) in [7, 11) is 0. The minimum atomic E-state index is -0.739. The normalized spacial score (nSPS) is 24.2. The number of anilines is 2. The lowest BCUT2D eigenvalue weighted by atomic mass is 9.89. The van der Waals surface area contributed by atoms with Gasteiger partial charge in [-0.15, -0.1) is 6.42 Å². The Morgan fingerprint density at radius 3 is 2.76 bits per heavy atom. The van der Waals surface area contributed by atoms with Gasteiger partial charge in [-0.05, 0) is 25.3 Å². The average molecular weight is 445 g/mol. The average Bonchev–Trinajstić information content (AvgIpc) is 3.38. The number of piperidine rings is 1. The molecule has 3 aliphatic heterocycles. The first-order valence-electron chi connectivity index (χ1n) is 11.3. The smallest absolute Gasteiger partial charge is 0.257 e. The lowest BCUT2D eigenvalue weighted by Gasteiger charge is -2.38. The van der Waals surface area contributed by atoms with E-state index in [1.165, 1.54) is 16.9 Å². The van der Waals surface area contributed by atoms with Crippen molar-refractivity contribution in [3.63, 3.8) is 0 Å². The molecule has 170 valence electrons. The molecule has 2 atom stereocenters. The monoisotopic (exact) mass is 444 g/mol. The molecule has 5 rings (SSSR count). The van der Waals surface area contributed by atoms with E-state index in [1.54, 1.807) is 13.1 Å². The first-order chi connectivity index (χ1) is 16.0. The van der Waals surface area contributed by atoms with Crippen LogP contribution in [-0.2, 0) is 9.53 Å². The van der Waals surface area contributed by atoms with Gasteiger partial charge < -0.3 is 14.5 Å². The Bertz CT molecular complexity index is 1100. The zero-order chi connectivity index (χ0) is 23.0. The zero-order valence-corrected chi connectivity index (χ0v) is 18.7. The van der Waals surface area contributed by atoms with Crippen LogP contribution in [0.25, 0.3) is 0 Å². The molecule has 33 heavy (non-hydrogen) atoms. The Balaban J connectivity index is 1.29. The number of allylic oxidation sites excluding steroid dienone is 1. The Hall–Kier alpha value is -3.41. The third-order valence-electron chi connectivity index (χ3n) is 6.86. The fraction of sp³-hybridized carbons (Fsp3) is 0.400. The quantitative estimate of drug-likeness (QED) is 0.441. The summed E-state index contributed by atoms with van der Waals surface area (Å²) >= 11 is 0. The van der Waals surface area contributed by atoms with Gasteiger partial charge in [0.05, 0.1) is 6.04 Å². The summed E-state index contributed by atoms with van der Waals surface area (Å²) in [5.74, 6) is 10.1. The third-order valence-corrected chi connectivity index (χ3v) is 6.86. The molecule has 1 aromatic heterocycles. The van der Waals surface area contributed by atoms with Crippen LogP contribution in [0.1, 0.15) is 44.2 Å². The molecular weight excluding hydrogens is 416 g/mol. The highest BCUT2D eigenvalue weighted by molar-refractivity contribution is 5.88. The highest BCUT2D eigenvalue weighted by Crippen LogP contribution is 2.47. The van der Waals surface area contributed by atoms with Crippen LogP contribution >= 0.6 is 0 Å². The molecule has 2 aromatic rings. The van der Waals surface area contributed by atoms with E-state index >= 15 is 0 Å². The molecule has 2 N–H and O–H groups in total. The van der Waals surface area contributed by atoms with E-state index in [1.807, 2.05) is 29.2 Å². The topological polar surface area (TPSA) is 87.8 Å². The first-order valence-corrected chi connectivity index (χ1v) is 11.3. The van der Waals surface area contributed by atoms with Crippen molar-refractivity contribution in [1.29, 1.82) is 0 Å². The van der Waals surface area contributed by atoms with Crippen LogP contribution in [-0.4, -0.2) is 45.7 Å². The van der Waals surface area contributed by atoms with Crippen LogP contribution in [0.4, 0.5) is 11.6 Å². The number of fused-ring (bicyclic) bond motifs is 1. The highest BCUT2D eigenvalue weighted by atomic mass is 16.6. The number of ether oxygens (including phenoxy) is 1.